The first-order valence-corrected chi connectivity index (χ1v) is 10.0. The first kappa shape index (κ1) is 22.0. The molecule has 2 N–H and O–H groups in total. The molecule has 152 valence electrons. The first-order valence-electron chi connectivity index (χ1n) is 10.0. The summed E-state index contributed by atoms with van der Waals surface area (Å²) in [6, 6.07) is 4.25. The van der Waals surface area contributed by atoms with Gasteiger partial charge in [0.2, 0.25) is 0 Å². The number of pyridine rings is 1. The summed E-state index contributed by atoms with van der Waals surface area (Å²) < 4.78 is 5.21. The summed E-state index contributed by atoms with van der Waals surface area (Å²) in [6.07, 6.45) is 1.58. The molecule has 2 aromatic rings. The molecule has 2 rings (SSSR count). The lowest BCUT2D eigenvalue weighted by Crippen LogP contribution is -2.24. The minimum atomic E-state index is 0.0751. The van der Waals surface area contributed by atoms with E-state index in [4.69, 9.17) is 25.1 Å². The second-order valence-electron chi connectivity index (χ2n) is 7.43. The lowest BCUT2D eigenvalue weighted by Gasteiger charge is -2.19. The van der Waals surface area contributed by atoms with E-state index in [9.17, 15) is 0 Å². The highest BCUT2D eigenvalue weighted by atomic mass is 16.5. The number of aryl methyl sites for hydroxylation is 2. The lowest BCUT2D eigenvalue weighted by atomic mass is 10.0. The minimum Gasteiger partial charge on any atom is -0.383 e. The molecule has 0 aromatic carbocycles. The quantitative estimate of drug-likeness (QED) is 0.617. The zero-order chi connectivity index (χ0) is 20.8. The monoisotopic (exact) mass is 383 g/mol. The van der Waals surface area contributed by atoms with Crippen molar-refractivity contribution in [2.24, 2.45) is 0 Å². The molecular formula is C22H33N5O. The molecule has 28 heavy (non-hydrogen) atoms. The molecule has 1 atom stereocenters. The van der Waals surface area contributed by atoms with Crippen LogP contribution < -0.4 is 5.32 Å². The van der Waals surface area contributed by atoms with Crippen molar-refractivity contribution in [2.45, 2.75) is 66.3 Å². The zero-order valence-corrected chi connectivity index (χ0v) is 18.2. The van der Waals surface area contributed by atoms with Gasteiger partial charge in [0.25, 0.3) is 0 Å². The van der Waals surface area contributed by atoms with Crippen LogP contribution in [0.5, 0.6) is 0 Å². The summed E-state index contributed by atoms with van der Waals surface area (Å²) >= 11 is 0. The normalized spacial score (nSPS) is 12.3. The van der Waals surface area contributed by atoms with Gasteiger partial charge in [-0.3, -0.25) is 4.98 Å². The number of hydrogen-bond donors (Lipinski definition) is 2. The molecule has 0 radical (unpaired) electrons. The van der Waals surface area contributed by atoms with Crippen LogP contribution in [0.4, 0.5) is 5.82 Å². The average molecular weight is 384 g/mol. The van der Waals surface area contributed by atoms with Crippen LogP contribution in [0.15, 0.2) is 12.1 Å². The molecule has 0 saturated carbocycles. The van der Waals surface area contributed by atoms with Crippen molar-refractivity contribution in [2.75, 3.05) is 19.0 Å². The fourth-order valence-corrected chi connectivity index (χ4v) is 3.14. The SMILES string of the molecule is CCc1nc(C(C)C)ccc1-c1nc(C(C)=N)c(NC(C)COC)nc1CC. The van der Waals surface area contributed by atoms with Gasteiger partial charge in [0.15, 0.2) is 5.82 Å². The summed E-state index contributed by atoms with van der Waals surface area (Å²) in [4.78, 5) is 14.6. The van der Waals surface area contributed by atoms with E-state index in [1.807, 2.05) is 6.92 Å². The van der Waals surface area contributed by atoms with E-state index in [2.05, 4.69) is 45.1 Å². The fraction of sp³-hybridized carbons (Fsp3) is 0.545. The Kier molecular flexibility index (Phi) is 7.63. The maximum Gasteiger partial charge on any atom is 0.154 e. The second-order valence-corrected chi connectivity index (χ2v) is 7.43. The molecule has 0 spiro atoms. The Morgan fingerprint density at radius 2 is 1.75 bits per heavy atom. The Morgan fingerprint density at radius 1 is 1.07 bits per heavy atom. The van der Waals surface area contributed by atoms with Crippen LogP contribution in [-0.4, -0.2) is 40.4 Å². The highest BCUT2D eigenvalue weighted by Crippen LogP contribution is 2.29. The van der Waals surface area contributed by atoms with Crippen LogP contribution in [0.3, 0.4) is 0 Å². The van der Waals surface area contributed by atoms with Gasteiger partial charge in [-0.1, -0.05) is 27.7 Å². The topological polar surface area (TPSA) is 83.8 Å². The van der Waals surface area contributed by atoms with Crippen LogP contribution >= 0.6 is 0 Å². The van der Waals surface area contributed by atoms with Crippen molar-refractivity contribution in [3.63, 3.8) is 0 Å². The fourth-order valence-electron chi connectivity index (χ4n) is 3.14. The Bertz CT molecular complexity index is 832. The number of ether oxygens (including phenoxy) is 1. The van der Waals surface area contributed by atoms with Gasteiger partial charge in [-0.2, -0.15) is 0 Å². The molecule has 0 aliphatic heterocycles. The Balaban J connectivity index is 2.62. The molecule has 0 aliphatic carbocycles. The van der Waals surface area contributed by atoms with E-state index >= 15 is 0 Å². The third-order valence-corrected chi connectivity index (χ3v) is 4.64. The van der Waals surface area contributed by atoms with Crippen LogP contribution in [0.2, 0.25) is 0 Å². The molecule has 0 bridgehead atoms. The predicted molar refractivity (Wildman–Crippen MR) is 116 cm³/mol. The second kappa shape index (κ2) is 9.73. The molecule has 0 aliphatic rings. The van der Waals surface area contributed by atoms with E-state index in [1.54, 1.807) is 14.0 Å². The van der Waals surface area contributed by atoms with Gasteiger partial charge in [-0.05, 0) is 44.7 Å². The van der Waals surface area contributed by atoms with Gasteiger partial charge in [0.1, 0.15) is 5.69 Å². The van der Waals surface area contributed by atoms with Crippen LogP contribution in [0, 0.1) is 5.41 Å². The zero-order valence-electron chi connectivity index (χ0n) is 18.2. The minimum absolute atomic E-state index is 0.0751. The largest absolute Gasteiger partial charge is 0.383 e. The number of anilines is 1. The van der Waals surface area contributed by atoms with Crippen molar-refractivity contribution >= 4 is 11.5 Å². The molecule has 6 heteroatoms. The van der Waals surface area contributed by atoms with Gasteiger partial charge in [-0.15, -0.1) is 0 Å². The highest BCUT2D eigenvalue weighted by Gasteiger charge is 2.19. The van der Waals surface area contributed by atoms with E-state index in [-0.39, 0.29) is 6.04 Å². The number of nitrogens with one attached hydrogen (secondary N) is 2. The van der Waals surface area contributed by atoms with E-state index in [1.165, 1.54) is 0 Å². The van der Waals surface area contributed by atoms with Crippen molar-refractivity contribution in [3.8, 4) is 11.3 Å². The molecule has 0 fully saturated rings. The smallest absolute Gasteiger partial charge is 0.154 e. The maximum absolute atomic E-state index is 8.21. The Hall–Kier alpha value is -2.34. The van der Waals surface area contributed by atoms with Gasteiger partial charge >= 0.3 is 0 Å². The Morgan fingerprint density at radius 3 is 2.29 bits per heavy atom. The van der Waals surface area contributed by atoms with Gasteiger partial charge in [0.05, 0.1) is 23.7 Å². The van der Waals surface area contributed by atoms with Crippen LogP contribution in [0.25, 0.3) is 11.3 Å². The molecule has 0 saturated heterocycles. The number of rotatable bonds is 9. The third kappa shape index (κ3) is 4.93. The molecule has 2 heterocycles. The summed E-state index contributed by atoms with van der Waals surface area (Å²) in [5.74, 6) is 1.02. The van der Waals surface area contributed by atoms with E-state index < -0.39 is 0 Å². The van der Waals surface area contributed by atoms with Crippen molar-refractivity contribution in [3.05, 3.63) is 34.9 Å². The predicted octanol–water partition coefficient (Wildman–Crippen LogP) is 4.62. The van der Waals surface area contributed by atoms with Gasteiger partial charge in [-0.25, -0.2) is 9.97 Å². The molecule has 1 unspecified atom stereocenters. The summed E-state index contributed by atoms with van der Waals surface area (Å²) in [5.41, 5.74) is 5.81. The standard InChI is InChI=1S/C22H33N5O/c1-8-17-16(10-11-19(25-17)13(3)4)21-18(9-2)26-22(20(27-21)15(6)23)24-14(5)12-28-7/h10-11,13-14,23H,8-9,12H2,1-7H3,(H,24,26). The highest BCUT2D eigenvalue weighted by molar-refractivity contribution is 5.99. The summed E-state index contributed by atoms with van der Waals surface area (Å²) in [7, 11) is 1.67. The first-order chi connectivity index (χ1) is 13.3. The van der Waals surface area contributed by atoms with Crippen molar-refractivity contribution in [1.29, 1.82) is 5.41 Å². The molecule has 6 nitrogen and oxygen atoms in total. The number of methoxy groups -OCH3 is 1. The van der Waals surface area contributed by atoms with Crippen LogP contribution in [0.1, 0.15) is 70.2 Å². The lowest BCUT2D eigenvalue weighted by molar-refractivity contribution is 0.190. The van der Waals surface area contributed by atoms with Crippen molar-refractivity contribution < 1.29 is 4.74 Å². The van der Waals surface area contributed by atoms with E-state index in [0.29, 0.717) is 29.7 Å². The molecular weight excluding hydrogens is 350 g/mol. The average Bonchev–Trinajstić information content (AvgIpc) is 2.66. The summed E-state index contributed by atoms with van der Waals surface area (Å²) in [6.45, 7) is 12.8. The summed E-state index contributed by atoms with van der Waals surface area (Å²) in [5, 5.41) is 11.6. The third-order valence-electron chi connectivity index (χ3n) is 4.64. The number of nitrogens with zero attached hydrogens (tertiary/aromatic N) is 3. The van der Waals surface area contributed by atoms with Gasteiger partial charge in [0, 0.05) is 30.1 Å². The van der Waals surface area contributed by atoms with Crippen molar-refractivity contribution in [1.82, 2.24) is 15.0 Å². The number of aromatic nitrogens is 3. The van der Waals surface area contributed by atoms with Crippen LogP contribution in [-0.2, 0) is 17.6 Å². The van der Waals surface area contributed by atoms with E-state index in [0.717, 1.165) is 41.2 Å². The maximum atomic E-state index is 8.21. The number of hydrogen-bond acceptors (Lipinski definition) is 6. The molecule has 0 amide bonds. The Labute approximate surface area is 168 Å². The van der Waals surface area contributed by atoms with Gasteiger partial charge < -0.3 is 15.5 Å². The molecule has 2 aromatic heterocycles.